The number of likely N-dealkylation sites (N-methyl/N-ethyl adjacent to an activating group) is 1. The highest BCUT2D eigenvalue weighted by Gasteiger charge is 2.41. The van der Waals surface area contributed by atoms with Crippen molar-refractivity contribution in [3.05, 3.63) is 71.8 Å². The summed E-state index contributed by atoms with van der Waals surface area (Å²) in [5.41, 5.74) is 1.69. The average molecular weight is 377 g/mol. The lowest BCUT2D eigenvalue weighted by Crippen LogP contribution is -2.93. The summed E-state index contributed by atoms with van der Waals surface area (Å²) >= 11 is 0. The van der Waals surface area contributed by atoms with Gasteiger partial charge in [-0.2, -0.15) is 5.26 Å². The van der Waals surface area contributed by atoms with E-state index in [0.29, 0.717) is 0 Å². The van der Waals surface area contributed by atoms with Crippen LogP contribution in [0.2, 0.25) is 0 Å². The molecule has 0 bridgehead atoms. The Morgan fingerprint density at radius 1 is 1.00 bits per heavy atom. The number of nitrogens with two attached hydrogens (primary N) is 1. The van der Waals surface area contributed by atoms with Gasteiger partial charge in [0.05, 0.1) is 6.07 Å². The van der Waals surface area contributed by atoms with Crippen LogP contribution in [0.1, 0.15) is 56.2 Å². The lowest BCUT2D eigenvalue weighted by Gasteiger charge is -2.39. The average Bonchev–Trinajstić information content (AvgIpc) is 2.77. The third-order valence-electron chi connectivity index (χ3n) is 6.05. The van der Waals surface area contributed by atoms with Crippen LogP contribution in [-0.4, -0.2) is 29.4 Å². The third-order valence-corrected chi connectivity index (χ3v) is 6.05. The molecule has 3 rings (SSSR count). The lowest BCUT2D eigenvalue weighted by atomic mass is 9.81. The number of hydrogen-bond acceptors (Lipinski definition) is 2. The molecule has 0 radical (unpaired) electrons. The molecule has 0 heterocycles. The van der Waals surface area contributed by atoms with E-state index in [9.17, 15) is 10.1 Å². The van der Waals surface area contributed by atoms with Crippen LogP contribution in [0.4, 0.5) is 0 Å². The van der Waals surface area contributed by atoms with E-state index in [1.165, 1.54) is 11.1 Å². The summed E-state index contributed by atoms with van der Waals surface area (Å²) in [4.78, 5) is 15.0. The minimum atomic E-state index is -0.646. The first kappa shape index (κ1) is 20.1. The number of hydrogen-bond donors (Lipinski definition) is 1. The van der Waals surface area contributed by atoms with E-state index in [1.807, 2.05) is 43.3 Å². The number of rotatable bonds is 6. The molecule has 1 amide bonds. The highest BCUT2D eigenvalue weighted by molar-refractivity contribution is 5.81. The molecule has 2 aromatic carbocycles. The van der Waals surface area contributed by atoms with Crippen LogP contribution in [0.3, 0.4) is 0 Å². The standard InChI is InChI=1S/C24H29N3O/c1-19(23(28)27(2)24(18-25)16-10-5-11-17-24)26-22(20-12-6-3-7-13-20)21-14-8-4-9-15-21/h3-4,6-9,12-15,19,22,26H,5,10-11,16-17H2,1-2H3/p+1/t19-/m0/s1. The summed E-state index contributed by atoms with van der Waals surface area (Å²) in [7, 11) is 1.81. The number of nitriles is 1. The number of carbonyl (C=O) groups excluding carboxylic acids is 1. The second kappa shape index (κ2) is 9.03. The Morgan fingerprint density at radius 3 is 1.96 bits per heavy atom. The third kappa shape index (κ3) is 4.26. The highest BCUT2D eigenvalue weighted by Crippen LogP contribution is 2.32. The van der Waals surface area contributed by atoms with Crippen LogP contribution in [-0.2, 0) is 4.79 Å². The van der Waals surface area contributed by atoms with Gasteiger partial charge in [0.25, 0.3) is 5.91 Å². The molecule has 0 unspecified atom stereocenters. The molecule has 1 fully saturated rings. The van der Waals surface area contributed by atoms with Gasteiger partial charge in [-0.25, -0.2) is 0 Å². The molecule has 1 aliphatic rings. The SMILES string of the molecule is C[C@H]([NH2+]C(c1ccccc1)c1ccccc1)C(=O)N(C)C1(C#N)CCCCC1. The van der Waals surface area contributed by atoms with Crippen molar-refractivity contribution in [2.45, 2.75) is 56.7 Å². The van der Waals surface area contributed by atoms with Crippen LogP contribution < -0.4 is 5.32 Å². The fourth-order valence-electron chi connectivity index (χ4n) is 4.28. The molecule has 1 saturated carbocycles. The summed E-state index contributed by atoms with van der Waals surface area (Å²) in [6.45, 7) is 1.95. The zero-order chi connectivity index (χ0) is 20.0. The Hall–Kier alpha value is -2.64. The van der Waals surface area contributed by atoms with Crippen LogP contribution >= 0.6 is 0 Å². The molecule has 4 nitrogen and oxygen atoms in total. The van der Waals surface area contributed by atoms with E-state index in [1.54, 1.807) is 11.9 Å². The molecular formula is C24H30N3O+. The summed E-state index contributed by atoms with van der Waals surface area (Å²) < 4.78 is 0. The Bertz CT molecular complexity index is 767. The lowest BCUT2D eigenvalue weighted by molar-refractivity contribution is -0.705. The van der Waals surface area contributed by atoms with E-state index < -0.39 is 5.54 Å². The zero-order valence-electron chi connectivity index (χ0n) is 16.8. The number of nitrogens with zero attached hydrogens (tertiary/aromatic N) is 2. The van der Waals surface area contributed by atoms with E-state index in [0.717, 1.165) is 32.1 Å². The monoisotopic (exact) mass is 376 g/mol. The van der Waals surface area contributed by atoms with Crippen LogP contribution in [0.15, 0.2) is 60.7 Å². The van der Waals surface area contributed by atoms with Crippen molar-refractivity contribution in [1.29, 1.82) is 5.26 Å². The summed E-state index contributed by atoms with van der Waals surface area (Å²) in [6, 6.07) is 22.8. The highest BCUT2D eigenvalue weighted by atomic mass is 16.2. The Balaban J connectivity index is 1.81. The van der Waals surface area contributed by atoms with Gasteiger partial charge in [-0.05, 0) is 19.8 Å². The van der Waals surface area contributed by atoms with Gasteiger partial charge in [0, 0.05) is 18.2 Å². The molecule has 1 atom stereocenters. The second-order valence-electron chi connectivity index (χ2n) is 7.88. The van der Waals surface area contributed by atoms with Crippen molar-refractivity contribution < 1.29 is 10.1 Å². The number of benzene rings is 2. The maximum Gasteiger partial charge on any atom is 0.281 e. The van der Waals surface area contributed by atoms with E-state index in [-0.39, 0.29) is 18.0 Å². The summed E-state index contributed by atoms with van der Waals surface area (Å²) in [6.07, 6.45) is 4.73. The van der Waals surface area contributed by atoms with Crippen LogP contribution in [0, 0.1) is 11.3 Å². The van der Waals surface area contributed by atoms with Crippen molar-refractivity contribution in [1.82, 2.24) is 4.90 Å². The van der Waals surface area contributed by atoms with Gasteiger partial charge in [0.15, 0.2) is 6.04 Å². The second-order valence-corrected chi connectivity index (χ2v) is 7.88. The fraction of sp³-hybridized carbons (Fsp3) is 0.417. The first-order valence-electron chi connectivity index (χ1n) is 10.2. The predicted octanol–water partition coefficient (Wildman–Crippen LogP) is 3.41. The normalized spacial score (nSPS) is 16.9. The van der Waals surface area contributed by atoms with Gasteiger partial charge in [-0.1, -0.05) is 79.9 Å². The van der Waals surface area contributed by atoms with Gasteiger partial charge >= 0.3 is 0 Å². The van der Waals surface area contributed by atoms with Gasteiger partial charge in [-0.15, -0.1) is 0 Å². The molecular weight excluding hydrogens is 346 g/mol. The molecule has 0 saturated heterocycles. The Morgan fingerprint density at radius 2 is 1.50 bits per heavy atom. The largest absolute Gasteiger partial charge is 0.326 e. The fourth-order valence-corrected chi connectivity index (χ4v) is 4.28. The number of carbonyl (C=O) groups is 1. The molecule has 1 aliphatic carbocycles. The Kier molecular flexibility index (Phi) is 6.49. The minimum Gasteiger partial charge on any atom is -0.326 e. The van der Waals surface area contributed by atoms with Gasteiger partial charge < -0.3 is 10.2 Å². The minimum absolute atomic E-state index is 0.0281. The topological polar surface area (TPSA) is 60.7 Å². The van der Waals surface area contributed by atoms with Gasteiger partial charge in [0.1, 0.15) is 11.6 Å². The molecule has 2 aromatic rings. The summed E-state index contributed by atoms with van der Waals surface area (Å²) in [5, 5.41) is 11.9. The molecule has 146 valence electrons. The van der Waals surface area contributed by atoms with Crippen molar-refractivity contribution in [3.8, 4) is 6.07 Å². The molecule has 0 aliphatic heterocycles. The van der Waals surface area contributed by atoms with E-state index in [4.69, 9.17) is 0 Å². The molecule has 0 aromatic heterocycles. The smallest absolute Gasteiger partial charge is 0.281 e. The maximum absolute atomic E-state index is 13.2. The van der Waals surface area contributed by atoms with Crippen molar-refractivity contribution in [2.24, 2.45) is 0 Å². The van der Waals surface area contributed by atoms with Crippen molar-refractivity contribution in [3.63, 3.8) is 0 Å². The number of amides is 1. The van der Waals surface area contributed by atoms with Crippen LogP contribution in [0.25, 0.3) is 0 Å². The Labute approximate surface area is 168 Å². The van der Waals surface area contributed by atoms with Gasteiger partial charge in [0.2, 0.25) is 0 Å². The molecule has 4 heteroatoms. The first-order valence-corrected chi connectivity index (χ1v) is 10.2. The first-order chi connectivity index (χ1) is 13.6. The van der Waals surface area contributed by atoms with E-state index >= 15 is 0 Å². The van der Waals surface area contributed by atoms with Crippen molar-refractivity contribution in [2.75, 3.05) is 7.05 Å². The number of quaternary nitrogens is 1. The quantitative estimate of drug-likeness (QED) is 0.840. The zero-order valence-corrected chi connectivity index (χ0v) is 16.8. The van der Waals surface area contributed by atoms with Crippen molar-refractivity contribution >= 4 is 5.91 Å². The van der Waals surface area contributed by atoms with Crippen LogP contribution in [0.5, 0.6) is 0 Å². The molecule has 0 spiro atoms. The summed E-state index contributed by atoms with van der Waals surface area (Å²) in [5.74, 6) is 0.0281. The predicted molar refractivity (Wildman–Crippen MR) is 110 cm³/mol. The maximum atomic E-state index is 13.2. The molecule has 28 heavy (non-hydrogen) atoms. The van der Waals surface area contributed by atoms with Gasteiger partial charge in [-0.3, -0.25) is 4.79 Å². The molecule has 2 N–H and O–H groups in total. The van der Waals surface area contributed by atoms with E-state index in [2.05, 4.69) is 35.7 Å².